The lowest BCUT2D eigenvalue weighted by Gasteiger charge is -2.10. The number of halogens is 3. The minimum absolute atomic E-state index is 0.241. The minimum Gasteiger partial charge on any atom is -0.406 e. The third kappa shape index (κ3) is 3.71. The molecule has 0 aliphatic heterocycles. The standard InChI is InChI=1S/C8H7F3OS2/c1-14-7-3-5(2-6(13)4-7)12-8(9,10)11/h2-4,13H,1H3. The second-order valence-corrected chi connectivity index (χ2v) is 3.81. The summed E-state index contributed by atoms with van der Waals surface area (Å²) in [5.41, 5.74) is 0. The Kier molecular flexibility index (Phi) is 3.60. The number of thiol groups is 1. The van der Waals surface area contributed by atoms with Crippen molar-refractivity contribution in [2.75, 3.05) is 6.26 Å². The van der Waals surface area contributed by atoms with Crippen LogP contribution in [0.4, 0.5) is 13.2 Å². The van der Waals surface area contributed by atoms with E-state index >= 15 is 0 Å². The summed E-state index contributed by atoms with van der Waals surface area (Å²) in [6.45, 7) is 0. The highest BCUT2D eigenvalue weighted by molar-refractivity contribution is 7.98. The van der Waals surface area contributed by atoms with Crippen LogP contribution in [0.3, 0.4) is 0 Å². The smallest absolute Gasteiger partial charge is 0.406 e. The van der Waals surface area contributed by atoms with Crippen molar-refractivity contribution in [2.24, 2.45) is 0 Å². The van der Waals surface area contributed by atoms with Crippen LogP contribution in [0, 0.1) is 0 Å². The van der Waals surface area contributed by atoms with Crippen LogP contribution in [-0.2, 0) is 0 Å². The van der Waals surface area contributed by atoms with Gasteiger partial charge in [-0.15, -0.1) is 37.6 Å². The van der Waals surface area contributed by atoms with Gasteiger partial charge in [0.1, 0.15) is 5.75 Å². The van der Waals surface area contributed by atoms with Gasteiger partial charge in [-0.25, -0.2) is 0 Å². The Labute approximate surface area is 89.0 Å². The van der Waals surface area contributed by atoms with Gasteiger partial charge in [0.05, 0.1) is 0 Å². The molecule has 1 aromatic carbocycles. The van der Waals surface area contributed by atoms with Gasteiger partial charge in [-0.05, 0) is 24.5 Å². The molecule has 0 saturated heterocycles. The van der Waals surface area contributed by atoms with Crippen LogP contribution in [0.1, 0.15) is 0 Å². The Balaban J connectivity index is 2.92. The summed E-state index contributed by atoms with van der Waals surface area (Å²) < 4.78 is 39.3. The van der Waals surface area contributed by atoms with E-state index in [0.717, 1.165) is 0 Å². The Morgan fingerprint density at radius 2 is 1.93 bits per heavy atom. The maximum absolute atomic E-state index is 11.9. The molecule has 1 rings (SSSR count). The van der Waals surface area contributed by atoms with Crippen LogP contribution in [-0.4, -0.2) is 12.6 Å². The number of alkyl halides is 3. The molecular weight excluding hydrogens is 233 g/mol. The molecule has 0 aliphatic carbocycles. The molecule has 0 radical (unpaired) electrons. The molecule has 0 spiro atoms. The van der Waals surface area contributed by atoms with Gasteiger partial charge in [-0.3, -0.25) is 0 Å². The summed E-state index contributed by atoms with van der Waals surface area (Å²) in [7, 11) is 0. The van der Waals surface area contributed by atoms with Crippen molar-refractivity contribution in [3.8, 4) is 5.75 Å². The quantitative estimate of drug-likeness (QED) is 0.624. The van der Waals surface area contributed by atoms with E-state index in [9.17, 15) is 13.2 Å². The lowest BCUT2D eigenvalue weighted by Crippen LogP contribution is -2.17. The predicted molar refractivity (Wildman–Crippen MR) is 52.2 cm³/mol. The molecular formula is C8H7F3OS2. The highest BCUT2D eigenvalue weighted by atomic mass is 32.2. The van der Waals surface area contributed by atoms with E-state index in [1.165, 1.54) is 23.9 Å². The Morgan fingerprint density at radius 1 is 1.29 bits per heavy atom. The number of hydrogen-bond acceptors (Lipinski definition) is 3. The Morgan fingerprint density at radius 3 is 2.43 bits per heavy atom. The van der Waals surface area contributed by atoms with E-state index in [4.69, 9.17) is 0 Å². The highest BCUT2D eigenvalue weighted by Crippen LogP contribution is 2.29. The van der Waals surface area contributed by atoms with Crippen molar-refractivity contribution in [1.29, 1.82) is 0 Å². The van der Waals surface area contributed by atoms with Crippen molar-refractivity contribution in [3.63, 3.8) is 0 Å². The molecule has 1 nitrogen and oxygen atoms in total. The van der Waals surface area contributed by atoms with Crippen molar-refractivity contribution < 1.29 is 17.9 Å². The first-order chi connectivity index (χ1) is 6.40. The average Bonchev–Trinajstić information content (AvgIpc) is 1.99. The van der Waals surface area contributed by atoms with Gasteiger partial charge in [-0.2, -0.15) is 0 Å². The molecule has 0 heterocycles. The number of rotatable bonds is 2. The number of benzene rings is 1. The molecule has 14 heavy (non-hydrogen) atoms. The van der Waals surface area contributed by atoms with Gasteiger partial charge in [0.2, 0.25) is 0 Å². The van der Waals surface area contributed by atoms with Crippen LogP contribution in [0.5, 0.6) is 5.75 Å². The summed E-state index contributed by atoms with van der Waals surface area (Å²) in [5, 5.41) is 0. The normalized spacial score (nSPS) is 11.5. The monoisotopic (exact) mass is 240 g/mol. The van der Waals surface area contributed by atoms with E-state index in [-0.39, 0.29) is 5.75 Å². The van der Waals surface area contributed by atoms with Crippen molar-refractivity contribution in [2.45, 2.75) is 16.2 Å². The zero-order valence-electron chi connectivity index (χ0n) is 7.13. The zero-order chi connectivity index (χ0) is 10.8. The van der Waals surface area contributed by atoms with E-state index in [0.29, 0.717) is 9.79 Å². The molecule has 0 amide bonds. The molecule has 0 aliphatic rings. The third-order valence-electron chi connectivity index (χ3n) is 1.33. The minimum atomic E-state index is -4.66. The van der Waals surface area contributed by atoms with Gasteiger partial charge in [0.25, 0.3) is 0 Å². The van der Waals surface area contributed by atoms with Crippen LogP contribution in [0.15, 0.2) is 28.0 Å². The summed E-state index contributed by atoms with van der Waals surface area (Å²) in [6, 6.07) is 4.20. The summed E-state index contributed by atoms with van der Waals surface area (Å²) in [6.07, 6.45) is -2.89. The fraction of sp³-hybridized carbons (Fsp3) is 0.250. The van der Waals surface area contributed by atoms with Crippen LogP contribution >= 0.6 is 24.4 Å². The highest BCUT2D eigenvalue weighted by Gasteiger charge is 2.31. The molecule has 0 N–H and O–H groups in total. The van der Waals surface area contributed by atoms with E-state index in [1.807, 2.05) is 0 Å². The number of hydrogen-bond donors (Lipinski definition) is 1. The zero-order valence-corrected chi connectivity index (χ0v) is 8.84. The average molecular weight is 240 g/mol. The van der Waals surface area contributed by atoms with Gasteiger partial charge < -0.3 is 4.74 Å². The lowest BCUT2D eigenvalue weighted by molar-refractivity contribution is -0.274. The SMILES string of the molecule is CSc1cc(S)cc(OC(F)(F)F)c1. The van der Waals surface area contributed by atoms with Gasteiger partial charge in [-0.1, -0.05) is 0 Å². The second-order valence-electron chi connectivity index (χ2n) is 2.41. The fourth-order valence-corrected chi connectivity index (χ4v) is 1.70. The van der Waals surface area contributed by atoms with Gasteiger partial charge in [0, 0.05) is 9.79 Å². The summed E-state index contributed by atoms with van der Waals surface area (Å²) in [5.74, 6) is -0.241. The van der Waals surface area contributed by atoms with E-state index in [2.05, 4.69) is 17.4 Å². The molecule has 78 valence electrons. The maximum Gasteiger partial charge on any atom is 0.573 e. The second kappa shape index (κ2) is 4.35. The summed E-state index contributed by atoms with van der Waals surface area (Å²) >= 11 is 5.29. The van der Waals surface area contributed by atoms with Crippen LogP contribution in [0.2, 0.25) is 0 Å². The topological polar surface area (TPSA) is 9.23 Å². The molecule has 0 atom stereocenters. The molecule has 0 aromatic heterocycles. The molecule has 6 heteroatoms. The maximum atomic E-state index is 11.9. The Bertz CT molecular complexity index is 325. The molecule has 0 fully saturated rings. The Hall–Kier alpha value is -0.490. The van der Waals surface area contributed by atoms with Gasteiger partial charge >= 0.3 is 6.36 Å². The van der Waals surface area contributed by atoms with Gasteiger partial charge in [0.15, 0.2) is 0 Å². The van der Waals surface area contributed by atoms with Crippen molar-refractivity contribution in [3.05, 3.63) is 18.2 Å². The molecule has 0 bridgehead atoms. The van der Waals surface area contributed by atoms with E-state index in [1.54, 1.807) is 12.3 Å². The fourth-order valence-electron chi connectivity index (χ4n) is 0.867. The lowest BCUT2D eigenvalue weighted by atomic mass is 10.3. The van der Waals surface area contributed by atoms with Crippen LogP contribution in [0.25, 0.3) is 0 Å². The van der Waals surface area contributed by atoms with Crippen LogP contribution < -0.4 is 4.74 Å². The molecule has 0 saturated carbocycles. The first kappa shape index (κ1) is 11.6. The van der Waals surface area contributed by atoms with Crippen molar-refractivity contribution in [1.82, 2.24) is 0 Å². The van der Waals surface area contributed by atoms with E-state index < -0.39 is 6.36 Å². The first-order valence-electron chi connectivity index (χ1n) is 3.54. The molecule has 0 unspecified atom stereocenters. The largest absolute Gasteiger partial charge is 0.573 e. The number of ether oxygens (including phenoxy) is 1. The predicted octanol–water partition coefficient (Wildman–Crippen LogP) is 3.60. The number of thioether (sulfide) groups is 1. The third-order valence-corrected chi connectivity index (χ3v) is 2.30. The summed E-state index contributed by atoms with van der Waals surface area (Å²) in [4.78, 5) is 1.12. The first-order valence-corrected chi connectivity index (χ1v) is 5.22. The van der Waals surface area contributed by atoms with Crippen molar-refractivity contribution >= 4 is 24.4 Å². The molecule has 1 aromatic rings.